The predicted molar refractivity (Wildman–Crippen MR) is 91.1 cm³/mol. The molecule has 0 saturated carbocycles. The van der Waals surface area contributed by atoms with Gasteiger partial charge in [0.25, 0.3) is 0 Å². The highest BCUT2D eigenvalue weighted by Gasteiger charge is 2.00. The van der Waals surface area contributed by atoms with E-state index in [0.717, 1.165) is 25.7 Å². The fourth-order valence-electron chi connectivity index (χ4n) is 1.81. The van der Waals surface area contributed by atoms with Crippen molar-refractivity contribution in [3.8, 4) is 0 Å². The summed E-state index contributed by atoms with van der Waals surface area (Å²) in [5, 5.41) is 6.50. The van der Waals surface area contributed by atoms with Gasteiger partial charge in [0.1, 0.15) is 0 Å². The van der Waals surface area contributed by atoms with E-state index in [-0.39, 0.29) is 6.10 Å². The van der Waals surface area contributed by atoms with Crippen LogP contribution >= 0.6 is 0 Å². The van der Waals surface area contributed by atoms with E-state index in [9.17, 15) is 0 Å². The molecular weight excluding hydrogens is 278 g/mol. The number of hydrogen-bond acceptors (Lipinski definition) is 3. The third-order valence-electron chi connectivity index (χ3n) is 3.03. The predicted octanol–water partition coefficient (Wildman–Crippen LogP) is 2.31. The number of aliphatic imine (C=N–C) groups is 1. The molecule has 1 aromatic rings. The molecule has 5 nitrogen and oxygen atoms in total. The number of rotatable bonds is 9. The fourth-order valence-corrected chi connectivity index (χ4v) is 1.81. The molecule has 0 heterocycles. The second kappa shape index (κ2) is 11.0. The maximum Gasteiger partial charge on any atom is 0.191 e. The van der Waals surface area contributed by atoms with E-state index in [1.807, 2.05) is 20.8 Å². The molecule has 0 atom stereocenters. The fraction of sp³-hybridized carbons (Fsp3) is 0.588. The van der Waals surface area contributed by atoms with Crippen LogP contribution in [0.4, 0.5) is 0 Å². The Balaban J connectivity index is 2.33. The molecule has 0 radical (unpaired) electrons. The second-order valence-corrected chi connectivity index (χ2v) is 5.23. The van der Waals surface area contributed by atoms with E-state index < -0.39 is 0 Å². The van der Waals surface area contributed by atoms with E-state index >= 15 is 0 Å². The molecule has 0 unspecified atom stereocenters. The van der Waals surface area contributed by atoms with Gasteiger partial charge in [-0.1, -0.05) is 24.3 Å². The largest absolute Gasteiger partial charge is 0.380 e. The van der Waals surface area contributed by atoms with E-state index in [0.29, 0.717) is 13.2 Å². The van der Waals surface area contributed by atoms with Gasteiger partial charge < -0.3 is 20.1 Å². The highest BCUT2D eigenvalue weighted by molar-refractivity contribution is 5.79. The molecule has 22 heavy (non-hydrogen) atoms. The first-order valence-electron chi connectivity index (χ1n) is 7.87. The maximum absolute atomic E-state index is 5.59. The summed E-state index contributed by atoms with van der Waals surface area (Å²) in [7, 11) is 1.77. The average molecular weight is 307 g/mol. The molecule has 0 aliphatic heterocycles. The van der Waals surface area contributed by atoms with Gasteiger partial charge in [-0.2, -0.15) is 0 Å². The Morgan fingerprint density at radius 2 is 1.82 bits per heavy atom. The third kappa shape index (κ3) is 8.00. The average Bonchev–Trinajstić information content (AvgIpc) is 2.53. The molecule has 0 aliphatic rings. The summed E-state index contributed by atoms with van der Waals surface area (Å²) >= 11 is 0. The van der Waals surface area contributed by atoms with Crippen molar-refractivity contribution in [2.45, 2.75) is 40.0 Å². The summed E-state index contributed by atoms with van der Waals surface area (Å²) in [5.41, 5.74) is 2.40. The van der Waals surface area contributed by atoms with E-state index in [1.54, 1.807) is 7.05 Å². The summed E-state index contributed by atoms with van der Waals surface area (Å²) in [6, 6.07) is 8.42. The molecular formula is C17H29N3O2. The van der Waals surface area contributed by atoms with Crippen molar-refractivity contribution in [1.29, 1.82) is 0 Å². The highest BCUT2D eigenvalue weighted by atomic mass is 16.5. The lowest BCUT2D eigenvalue weighted by molar-refractivity contribution is 0.0657. The van der Waals surface area contributed by atoms with E-state index in [4.69, 9.17) is 9.47 Å². The lowest BCUT2D eigenvalue weighted by Crippen LogP contribution is -2.38. The Bertz CT molecular complexity index is 430. The number of nitrogens with zero attached hydrogens (tertiary/aromatic N) is 1. The minimum absolute atomic E-state index is 0.257. The zero-order valence-electron chi connectivity index (χ0n) is 14.2. The number of benzene rings is 1. The van der Waals surface area contributed by atoms with Gasteiger partial charge in [-0.25, -0.2) is 0 Å². The molecule has 5 heteroatoms. The summed E-state index contributed by atoms with van der Waals surface area (Å²) in [6.45, 7) is 9.64. The van der Waals surface area contributed by atoms with Crippen molar-refractivity contribution in [3.63, 3.8) is 0 Å². The van der Waals surface area contributed by atoms with Crippen LogP contribution in [0.5, 0.6) is 0 Å². The molecule has 0 spiro atoms. The van der Waals surface area contributed by atoms with Gasteiger partial charge in [-0.05, 0) is 31.9 Å². The molecule has 0 amide bonds. The molecule has 0 aromatic heterocycles. The summed E-state index contributed by atoms with van der Waals surface area (Å²) in [4.78, 5) is 4.19. The van der Waals surface area contributed by atoms with Crippen molar-refractivity contribution in [1.82, 2.24) is 10.6 Å². The van der Waals surface area contributed by atoms with Crippen molar-refractivity contribution in [2.24, 2.45) is 4.99 Å². The molecule has 0 aliphatic carbocycles. The molecule has 2 N–H and O–H groups in total. The molecule has 0 fully saturated rings. The zero-order chi connectivity index (χ0) is 16.2. The van der Waals surface area contributed by atoms with E-state index in [2.05, 4.69) is 39.9 Å². The molecule has 1 aromatic carbocycles. The highest BCUT2D eigenvalue weighted by Crippen LogP contribution is 2.07. The Labute approximate surface area is 134 Å². The minimum Gasteiger partial charge on any atom is -0.380 e. The van der Waals surface area contributed by atoms with Gasteiger partial charge in [0.2, 0.25) is 0 Å². The van der Waals surface area contributed by atoms with Crippen molar-refractivity contribution in [3.05, 3.63) is 35.4 Å². The van der Waals surface area contributed by atoms with Gasteiger partial charge >= 0.3 is 0 Å². The van der Waals surface area contributed by atoms with Crippen molar-refractivity contribution in [2.75, 3.05) is 26.8 Å². The van der Waals surface area contributed by atoms with Crippen LogP contribution in [0, 0.1) is 0 Å². The van der Waals surface area contributed by atoms with Crippen LogP contribution in [0.3, 0.4) is 0 Å². The number of guanidine groups is 1. The number of nitrogens with one attached hydrogen (secondary N) is 2. The van der Waals surface area contributed by atoms with Crippen LogP contribution in [0.1, 0.15) is 31.9 Å². The Morgan fingerprint density at radius 3 is 2.41 bits per heavy atom. The first-order valence-corrected chi connectivity index (χ1v) is 7.87. The molecule has 124 valence electrons. The third-order valence-corrected chi connectivity index (χ3v) is 3.03. The summed E-state index contributed by atoms with van der Waals surface area (Å²) in [5.74, 6) is 0.784. The van der Waals surface area contributed by atoms with E-state index in [1.165, 1.54) is 11.1 Å². The lowest BCUT2D eigenvalue weighted by atomic mass is 10.1. The smallest absolute Gasteiger partial charge is 0.191 e. The van der Waals surface area contributed by atoms with Gasteiger partial charge in [-0.3, -0.25) is 4.99 Å². The second-order valence-electron chi connectivity index (χ2n) is 5.23. The molecule has 1 rings (SSSR count). The van der Waals surface area contributed by atoms with Gasteiger partial charge in [-0.15, -0.1) is 0 Å². The molecule has 0 bridgehead atoms. The minimum atomic E-state index is 0.257. The quantitative estimate of drug-likeness (QED) is 0.418. The van der Waals surface area contributed by atoms with Crippen LogP contribution in [0.2, 0.25) is 0 Å². The van der Waals surface area contributed by atoms with Crippen LogP contribution in [0.25, 0.3) is 0 Å². The van der Waals surface area contributed by atoms with Crippen LogP contribution in [0.15, 0.2) is 29.3 Å². The molecule has 0 saturated heterocycles. The Morgan fingerprint density at radius 1 is 1.14 bits per heavy atom. The summed E-state index contributed by atoms with van der Waals surface area (Å²) in [6.07, 6.45) is 0.257. The van der Waals surface area contributed by atoms with Gasteiger partial charge in [0, 0.05) is 26.7 Å². The van der Waals surface area contributed by atoms with Crippen LogP contribution in [-0.2, 0) is 22.6 Å². The first-order chi connectivity index (χ1) is 10.7. The Kier molecular flexibility index (Phi) is 9.26. The normalized spacial score (nSPS) is 11.8. The maximum atomic E-state index is 5.59. The van der Waals surface area contributed by atoms with Crippen LogP contribution < -0.4 is 10.6 Å². The number of hydrogen-bond donors (Lipinski definition) is 2. The lowest BCUT2D eigenvalue weighted by Gasteiger charge is -2.12. The monoisotopic (exact) mass is 307 g/mol. The van der Waals surface area contributed by atoms with Gasteiger partial charge in [0.05, 0.1) is 19.3 Å². The first kappa shape index (κ1) is 18.5. The Hall–Kier alpha value is -1.59. The zero-order valence-corrected chi connectivity index (χ0v) is 14.2. The summed E-state index contributed by atoms with van der Waals surface area (Å²) < 4.78 is 10.9. The topological polar surface area (TPSA) is 54.9 Å². The standard InChI is InChI=1S/C17H29N3O2/c1-5-21-11-10-19-17(18-4)20-12-15-6-8-16(9-7-15)13-22-14(2)3/h6-9,14H,5,10-13H2,1-4H3,(H2,18,19,20). The number of ether oxygens (including phenoxy) is 2. The van der Waals surface area contributed by atoms with Crippen LogP contribution in [-0.4, -0.2) is 38.9 Å². The van der Waals surface area contributed by atoms with Crippen molar-refractivity contribution >= 4 is 5.96 Å². The van der Waals surface area contributed by atoms with Gasteiger partial charge in [0.15, 0.2) is 5.96 Å². The SMILES string of the molecule is CCOCCNC(=NC)NCc1ccc(COC(C)C)cc1. The van der Waals surface area contributed by atoms with Crippen molar-refractivity contribution < 1.29 is 9.47 Å².